The normalized spacial score (nSPS) is 18.6. The number of urea groups is 1. The molecule has 1 aliphatic carbocycles. The third kappa shape index (κ3) is 3.97. The lowest BCUT2D eigenvalue weighted by Crippen LogP contribution is -2.57. The number of carboxylic acids is 1. The average Bonchev–Trinajstić information content (AvgIpc) is 3.14. The Bertz CT molecular complexity index is 539. The van der Waals surface area contributed by atoms with Crippen molar-refractivity contribution in [2.24, 2.45) is 5.92 Å². The summed E-state index contributed by atoms with van der Waals surface area (Å²) in [5, 5.41) is 14.8. The first-order valence-corrected chi connectivity index (χ1v) is 8.00. The third-order valence-corrected chi connectivity index (χ3v) is 4.92. The van der Waals surface area contributed by atoms with Gasteiger partial charge in [0, 0.05) is 22.2 Å². The van der Waals surface area contributed by atoms with Gasteiger partial charge in [-0.15, -0.1) is 11.3 Å². The van der Waals surface area contributed by atoms with Gasteiger partial charge in [0.25, 0.3) is 0 Å². The predicted octanol–water partition coefficient (Wildman–Crippen LogP) is 2.54. The molecule has 1 aliphatic rings. The summed E-state index contributed by atoms with van der Waals surface area (Å²) in [6.45, 7) is 5.55. The largest absolute Gasteiger partial charge is 0.480 e. The Morgan fingerprint density at radius 2 is 2.14 bits per heavy atom. The van der Waals surface area contributed by atoms with Crippen LogP contribution in [0.25, 0.3) is 0 Å². The lowest BCUT2D eigenvalue weighted by atomic mass is 9.96. The van der Waals surface area contributed by atoms with Crippen molar-refractivity contribution in [3.8, 4) is 0 Å². The van der Waals surface area contributed by atoms with Crippen molar-refractivity contribution in [1.82, 2.24) is 10.6 Å². The Labute approximate surface area is 128 Å². The van der Waals surface area contributed by atoms with Crippen LogP contribution in [0.5, 0.6) is 0 Å². The quantitative estimate of drug-likeness (QED) is 0.755. The van der Waals surface area contributed by atoms with Crippen molar-refractivity contribution in [3.05, 3.63) is 21.9 Å². The molecule has 2 rings (SSSR count). The zero-order valence-corrected chi connectivity index (χ0v) is 13.4. The average molecular weight is 310 g/mol. The molecule has 0 saturated heterocycles. The van der Waals surface area contributed by atoms with E-state index >= 15 is 0 Å². The van der Waals surface area contributed by atoms with Crippen molar-refractivity contribution in [1.29, 1.82) is 0 Å². The second-order valence-corrected chi connectivity index (χ2v) is 7.37. The minimum atomic E-state index is -1.16. The highest BCUT2D eigenvalue weighted by Crippen LogP contribution is 2.39. The number of carbonyl (C=O) groups excluding carboxylic acids is 1. The third-order valence-electron chi connectivity index (χ3n) is 3.89. The van der Waals surface area contributed by atoms with Gasteiger partial charge < -0.3 is 15.7 Å². The molecular weight excluding hydrogens is 288 g/mol. The molecule has 1 fully saturated rings. The van der Waals surface area contributed by atoms with Gasteiger partial charge in [-0.3, -0.25) is 0 Å². The fraction of sp³-hybridized carbons (Fsp3) is 0.600. The van der Waals surface area contributed by atoms with E-state index in [-0.39, 0.29) is 12.0 Å². The molecule has 6 heteroatoms. The van der Waals surface area contributed by atoms with Crippen molar-refractivity contribution in [2.75, 3.05) is 0 Å². The van der Waals surface area contributed by atoms with Crippen LogP contribution in [-0.4, -0.2) is 28.7 Å². The molecule has 1 heterocycles. The number of amides is 2. The van der Waals surface area contributed by atoms with Crippen molar-refractivity contribution >= 4 is 23.3 Å². The minimum absolute atomic E-state index is 0.0380. The number of carboxylic acid groups (broad SMARTS) is 1. The summed E-state index contributed by atoms with van der Waals surface area (Å²) >= 11 is 1.71. The molecule has 5 nitrogen and oxygen atoms in total. The Hall–Kier alpha value is -1.56. The second-order valence-electron chi connectivity index (χ2n) is 6.00. The van der Waals surface area contributed by atoms with E-state index in [1.807, 2.05) is 13.8 Å². The molecule has 0 aromatic carbocycles. The van der Waals surface area contributed by atoms with Gasteiger partial charge in [-0.25, -0.2) is 9.59 Å². The van der Waals surface area contributed by atoms with Crippen LogP contribution in [0.2, 0.25) is 0 Å². The summed E-state index contributed by atoms with van der Waals surface area (Å²) in [5.41, 5.74) is -1.16. The van der Waals surface area contributed by atoms with E-state index in [0.717, 1.165) is 19.3 Å². The second kappa shape index (κ2) is 6.05. The fourth-order valence-corrected chi connectivity index (χ4v) is 3.45. The van der Waals surface area contributed by atoms with Crippen LogP contribution in [0.3, 0.4) is 0 Å². The molecule has 2 unspecified atom stereocenters. The summed E-state index contributed by atoms with van der Waals surface area (Å²) in [4.78, 5) is 25.9. The monoisotopic (exact) mass is 310 g/mol. The first-order chi connectivity index (χ1) is 9.81. The van der Waals surface area contributed by atoms with Gasteiger partial charge >= 0.3 is 12.0 Å². The highest BCUT2D eigenvalue weighted by atomic mass is 32.1. The van der Waals surface area contributed by atoms with Gasteiger partial charge in [-0.05, 0) is 51.7 Å². The molecule has 2 atom stereocenters. The van der Waals surface area contributed by atoms with Gasteiger partial charge in [-0.2, -0.15) is 0 Å². The number of hydrogen-bond acceptors (Lipinski definition) is 3. The molecule has 0 spiro atoms. The number of rotatable bonds is 6. The first kappa shape index (κ1) is 15.8. The molecule has 1 aromatic rings. The molecule has 21 heavy (non-hydrogen) atoms. The van der Waals surface area contributed by atoms with Gasteiger partial charge in [-0.1, -0.05) is 0 Å². The number of aliphatic carboxylic acids is 1. The van der Waals surface area contributed by atoms with E-state index < -0.39 is 17.5 Å². The summed E-state index contributed by atoms with van der Waals surface area (Å²) < 4.78 is 0. The Kier molecular flexibility index (Phi) is 4.56. The maximum atomic E-state index is 12.0. The Morgan fingerprint density at radius 1 is 1.48 bits per heavy atom. The lowest BCUT2D eigenvalue weighted by molar-refractivity contribution is -0.144. The van der Waals surface area contributed by atoms with E-state index in [1.54, 1.807) is 18.3 Å². The van der Waals surface area contributed by atoms with Crippen molar-refractivity contribution in [3.63, 3.8) is 0 Å². The predicted molar refractivity (Wildman–Crippen MR) is 82.7 cm³/mol. The van der Waals surface area contributed by atoms with Gasteiger partial charge in [0.1, 0.15) is 5.54 Å². The summed E-state index contributed by atoms with van der Waals surface area (Å²) in [7, 11) is 0. The van der Waals surface area contributed by atoms with Crippen molar-refractivity contribution < 1.29 is 14.7 Å². The van der Waals surface area contributed by atoms with E-state index in [4.69, 9.17) is 0 Å². The lowest BCUT2D eigenvalue weighted by Gasteiger charge is -2.27. The van der Waals surface area contributed by atoms with Crippen LogP contribution in [0, 0.1) is 12.8 Å². The molecule has 0 aliphatic heterocycles. The van der Waals surface area contributed by atoms with E-state index in [2.05, 4.69) is 22.8 Å². The standard InChI is InChI=1S/C15H22N2O3S/c1-9(8-12-7-4-10(2)21-12)16-14(20)17-15(3,13(18)19)11-5-6-11/h4,7,9,11H,5-6,8H2,1-3H3,(H,18,19)(H2,16,17,20). The highest BCUT2D eigenvalue weighted by Gasteiger charge is 2.48. The number of hydrogen-bond donors (Lipinski definition) is 3. The minimum Gasteiger partial charge on any atom is -0.480 e. The van der Waals surface area contributed by atoms with Crippen LogP contribution < -0.4 is 10.6 Å². The number of thiophene rings is 1. The molecule has 0 radical (unpaired) electrons. The summed E-state index contributed by atoms with van der Waals surface area (Å²) in [6, 6.07) is 3.66. The Morgan fingerprint density at radius 3 is 2.62 bits per heavy atom. The maximum Gasteiger partial charge on any atom is 0.329 e. The number of aryl methyl sites for hydroxylation is 1. The van der Waals surface area contributed by atoms with Gasteiger partial charge in [0.2, 0.25) is 0 Å². The van der Waals surface area contributed by atoms with Crippen LogP contribution in [0.1, 0.15) is 36.4 Å². The van der Waals surface area contributed by atoms with E-state index in [9.17, 15) is 14.7 Å². The van der Waals surface area contributed by atoms with Crippen LogP contribution in [0.4, 0.5) is 4.79 Å². The molecule has 116 valence electrons. The number of carbonyl (C=O) groups is 2. The molecular formula is C15H22N2O3S. The maximum absolute atomic E-state index is 12.0. The van der Waals surface area contributed by atoms with Crippen LogP contribution >= 0.6 is 11.3 Å². The van der Waals surface area contributed by atoms with Crippen LogP contribution in [-0.2, 0) is 11.2 Å². The zero-order chi connectivity index (χ0) is 15.6. The summed E-state index contributed by atoms with van der Waals surface area (Å²) in [6.07, 6.45) is 2.46. The highest BCUT2D eigenvalue weighted by molar-refractivity contribution is 7.11. The summed E-state index contributed by atoms with van der Waals surface area (Å²) in [5.74, 6) is -0.933. The van der Waals surface area contributed by atoms with Gasteiger partial charge in [0.15, 0.2) is 0 Å². The van der Waals surface area contributed by atoms with Crippen LogP contribution in [0.15, 0.2) is 12.1 Å². The van der Waals surface area contributed by atoms with E-state index in [0.29, 0.717) is 0 Å². The zero-order valence-electron chi connectivity index (χ0n) is 12.6. The smallest absolute Gasteiger partial charge is 0.329 e. The van der Waals surface area contributed by atoms with E-state index in [1.165, 1.54) is 9.75 Å². The SMILES string of the molecule is Cc1ccc(CC(C)NC(=O)NC(C)(C(=O)O)C2CC2)s1. The molecule has 2 amide bonds. The first-order valence-electron chi connectivity index (χ1n) is 7.18. The molecule has 3 N–H and O–H groups in total. The van der Waals surface area contributed by atoms with Gasteiger partial charge in [0.05, 0.1) is 0 Å². The molecule has 0 bridgehead atoms. The molecule has 1 aromatic heterocycles. The molecule has 1 saturated carbocycles. The number of nitrogens with one attached hydrogen (secondary N) is 2. The Balaban J connectivity index is 1.87. The van der Waals surface area contributed by atoms with Crippen molar-refractivity contribution in [2.45, 2.75) is 51.6 Å². The fourth-order valence-electron chi connectivity index (χ4n) is 2.43. The topological polar surface area (TPSA) is 78.4 Å².